The van der Waals surface area contributed by atoms with E-state index in [9.17, 15) is 4.79 Å². The molecule has 0 aliphatic rings. The van der Waals surface area contributed by atoms with Crippen molar-refractivity contribution < 1.29 is 18.4 Å². The molecule has 0 aromatic rings. The van der Waals surface area contributed by atoms with Crippen molar-refractivity contribution in [1.82, 2.24) is 0 Å². The van der Waals surface area contributed by atoms with Crippen molar-refractivity contribution in [3.8, 4) is 0 Å². The number of carbonyl (C=O) groups is 1. The second-order valence-electron chi connectivity index (χ2n) is 3.41. The number of carbonyl (C=O) groups excluding carboxylic acids is 1. The molecule has 0 N–H and O–H groups in total. The molecule has 0 rings (SSSR count). The summed E-state index contributed by atoms with van der Waals surface area (Å²) in [6, 6.07) is 0. The molecule has 0 aromatic carbocycles. The van der Waals surface area contributed by atoms with E-state index in [1.54, 1.807) is 6.92 Å². The molecule has 0 saturated carbocycles. The molecule has 0 saturated heterocycles. The standard InChI is InChI=1S/C11H20ClO4P/c1-5-7-14-17(15-8-6-2)16-10(4)11(12)9(3)13/h5-8H2,1-4H3/b11-10+. The second kappa shape index (κ2) is 9.84. The van der Waals surface area contributed by atoms with Crippen LogP contribution in [0.1, 0.15) is 40.5 Å². The lowest BCUT2D eigenvalue weighted by Crippen LogP contribution is -2.00. The van der Waals surface area contributed by atoms with Gasteiger partial charge in [0.25, 0.3) is 0 Å². The van der Waals surface area contributed by atoms with Crippen molar-refractivity contribution in [1.29, 1.82) is 0 Å². The Hall–Kier alpha value is -0.150. The first-order chi connectivity index (χ1) is 8.02. The van der Waals surface area contributed by atoms with Crippen LogP contribution >= 0.6 is 20.2 Å². The van der Waals surface area contributed by atoms with Crippen molar-refractivity contribution in [2.24, 2.45) is 0 Å². The van der Waals surface area contributed by atoms with E-state index in [0.29, 0.717) is 19.0 Å². The Morgan fingerprint density at radius 1 is 1.12 bits per heavy atom. The zero-order chi connectivity index (χ0) is 13.3. The summed E-state index contributed by atoms with van der Waals surface area (Å²) >= 11 is 5.78. The molecule has 0 unspecified atom stereocenters. The third kappa shape index (κ3) is 7.72. The molecule has 0 aliphatic heterocycles. The maximum absolute atomic E-state index is 11.1. The van der Waals surface area contributed by atoms with Crippen LogP contribution in [0.2, 0.25) is 0 Å². The molecule has 100 valence electrons. The molecular weight excluding hydrogens is 263 g/mol. The van der Waals surface area contributed by atoms with Gasteiger partial charge in [-0.05, 0) is 19.8 Å². The minimum atomic E-state index is -1.46. The van der Waals surface area contributed by atoms with Gasteiger partial charge in [0.1, 0.15) is 10.8 Å². The van der Waals surface area contributed by atoms with Crippen LogP contribution in [0.5, 0.6) is 0 Å². The summed E-state index contributed by atoms with van der Waals surface area (Å²) in [4.78, 5) is 11.1. The maximum atomic E-state index is 11.1. The first-order valence-corrected chi connectivity index (χ1v) is 7.11. The largest absolute Gasteiger partial charge is 0.430 e. The molecule has 0 heterocycles. The summed E-state index contributed by atoms with van der Waals surface area (Å²) in [6.45, 7) is 8.12. The molecule has 0 atom stereocenters. The molecule has 0 radical (unpaired) electrons. The fourth-order valence-corrected chi connectivity index (χ4v) is 2.07. The number of allylic oxidation sites excluding steroid dienone is 2. The molecule has 0 aliphatic carbocycles. The average molecular weight is 283 g/mol. The molecule has 4 nitrogen and oxygen atoms in total. The van der Waals surface area contributed by atoms with E-state index in [4.69, 9.17) is 25.2 Å². The van der Waals surface area contributed by atoms with E-state index >= 15 is 0 Å². The number of Topliss-reactive ketones (excluding diaryl/α,β-unsaturated/α-hetero) is 1. The number of hydrogen-bond donors (Lipinski definition) is 0. The van der Waals surface area contributed by atoms with Crippen LogP contribution < -0.4 is 0 Å². The molecule has 0 bridgehead atoms. The van der Waals surface area contributed by atoms with E-state index in [1.165, 1.54) is 6.92 Å². The van der Waals surface area contributed by atoms with Gasteiger partial charge in [0.05, 0.1) is 13.2 Å². The Morgan fingerprint density at radius 3 is 1.94 bits per heavy atom. The van der Waals surface area contributed by atoms with Crippen molar-refractivity contribution in [3.63, 3.8) is 0 Å². The number of hydrogen-bond acceptors (Lipinski definition) is 4. The Morgan fingerprint density at radius 2 is 1.59 bits per heavy atom. The van der Waals surface area contributed by atoms with Gasteiger partial charge in [-0.3, -0.25) is 4.79 Å². The maximum Gasteiger partial charge on any atom is 0.396 e. The van der Waals surface area contributed by atoms with Gasteiger partial charge in [-0.25, -0.2) is 0 Å². The van der Waals surface area contributed by atoms with E-state index < -0.39 is 8.60 Å². The van der Waals surface area contributed by atoms with Gasteiger partial charge in [-0.15, -0.1) is 0 Å². The summed E-state index contributed by atoms with van der Waals surface area (Å²) in [5.41, 5.74) is 0. The lowest BCUT2D eigenvalue weighted by Gasteiger charge is -2.17. The third-order valence-corrected chi connectivity index (χ3v) is 3.37. The summed E-state index contributed by atoms with van der Waals surface area (Å²) in [7, 11) is -1.46. The monoisotopic (exact) mass is 282 g/mol. The van der Waals surface area contributed by atoms with Gasteiger partial charge in [-0.1, -0.05) is 25.4 Å². The van der Waals surface area contributed by atoms with Crippen LogP contribution in [-0.4, -0.2) is 19.0 Å². The molecule has 0 amide bonds. The quantitative estimate of drug-likeness (QED) is 0.362. The van der Waals surface area contributed by atoms with Gasteiger partial charge in [0.2, 0.25) is 0 Å². The SMILES string of the molecule is CCCOP(OCCC)O/C(C)=C(/Cl)C(C)=O. The smallest absolute Gasteiger partial charge is 0.396 e. The van der Waals surface area contributed by atoms with Gasteiger partial charge >= 0.3 is 8.60 Å². The first-order valence-electron chi connectivity index (χ1n) is 5.64. The van der Waals surface area contributed by atoms with E-state index in [-0.39, 0.29) is 10.8 Å². The van der Waals surface area contributed by atoms with Gasteiger partial charge in [0.15, 0.2) is 5.78 Å². The van der Waals surface area contributed by atoms with Gasteiger partial charge < -0.3 is 13.6 Å². The van der Waals surface area contributed by atoms with Gasteiger partial charge in [0, 0.05) is 6.92 Å². The highest BCUT2D eigenvalue weighted by Crippen LogP contribution is 2.43. The predicted molar refractivity (Wildman–Crippen MR) is 69.7 cm³/mol. The normalized spacial score (nSPS) is 12.6. The summed E-state index contributed by atoms with van der Waals surface area (Å²) < 4.78 is 16.2. The number of rotatable bonds is 9. The lowest BCUT2D eigenvalue weighted by molar-refractivity contribution is -0.113. The average Bonchev–Trinajstić information content (AvgIpc) is 2.31. The number of halogens is 1. The molecule has 0 fully saturated rings. The van der Waals surface area contributed by atoms with Crippen LogP contribution in [0.3, 0.4) is 0 Å². The Balaban J connectivity index is 4.39. The van der Waals surface area contributed by atoms with E-state index in [2.05, 4.69) is 0 Å². The highest BCUT2D eigenvalue weighted by molar-refractivity contribution is 7.41. The first kappa shape index (κ1) is 16.9. The fraction of sp³-hybridized carbons (Fsp3) is 0.727. The molecule has 0 aromatic heterocycles. The molecule has 6 heteroatoms. The minimum Gasteiger partial charge on any atom is -0.430 e. The number of ketones is 1. The Labute approximate surface area is 109 Å². The van der Waals surface area contributed by atoms with Crippen LogP contribution in [0.25, 0.3) is 0 Å². The molecular formula is C11H20ClO4P. The van der Waals surface area contributed by atoms with Crippen LogP contribution in [-0.2, 0) is 18.4 Å². The molecule has 0 spiro atoms. The van der Waals surface area contributed by atoms with Crippen molar-refractivity contribution in [2.45, 2.75) is 40.5 Å². The van der Waals surface area contributed by atoms with Crippen molar-refractivity contribution in [3.05, 3.63) is 10.8 Å². The van der Waals surface area contributed by atoms with Crippen molar-refractivity contribution >= 4 is 26.0 Å². The van der Waals surface area contributed by atoms with E-state index in [0.717, 1.165) is 12.8 Å². The zero-order valence-electron chi connectivity index (χ0n) is 10.8. The van der Waals surface area contributed by atoms with Gasteiger partial charge in [-0.2, -0.15) is 0 Å². The topological polar surface area (TPSA) is 44.8 Å². The summed E-state index contributed by atoms with van der Waals surface area (Å²) in [5.74, 6) is 0.114. The lowest BCUT2D eigenvalue weighted by atomic mass is 10.4. The molecule has 17 heavy (non-hydrogen) atoms. The zero-order valence-corrected chi connectivity index (χ0v) is 12.4. The van der Waals surface area contributed by atoms with Crippen LogP contribution in [0.15, 0.2) is 10.8 Å². The fourth-order valence-electron chi connectivity index (χ4n) is 0.821. The van der Waals surface area contributed by atoms with Crippen LogP contribution in [0.4, 0.5) is 0 Å². The third-order valence-electron chi connectivity index (χ3n) is 1.63. The predicted octanol–water partition coefficient (Wildman–Crippen LogP) is 4.14. The highest BCUT2D eigenvalue weighted by Gasteiger charge is 2.16. The second-order valence-corrected chi connectivity index (χ2v) is 4.93. The Kier molecular flexibility index (Phi) is 9.75. The summed E-state index contributed by atoms with van der Waals surface area (Å²) in [5, 5.41) is 0.0812. The van der Waals surface area contributed by atoms with Crippen molar-refractivity contribution in [2.75, 3.05) is 13.2 Å². The van der Waals surface area contributed by atoms with Crippen LogP contribution in [0, 0.1) is 0 Å². The Bertz CT molecular complexity index is 260. The van der Waals surface area contributed by atoms with E-state index in [1.807, 2.05) is 13.8 Å². The summed E-state index contributed by atoms with van der Waals surface area (Å²) in [6.07, 6.45) is 1.75. The minimum absolute atomic E-state index is 0.0812. The highest BCUT2D eigenvalue weighted by atomic mass is 35.5.